The Balaban J connectivity index is 1.34. The van der Waals surface area contributed by atoms with Crippen molar-refractivity contribution in [1.82, 2.24) is 14.9 Å². The summed E-state index contributed by atoms with van der Waals surface area (Å²) in [4.78, 5) is 22.8. The van der Waals surface area contributed by atoms with Crippen molar-refractivity contribution < 1.29 is 14.6 Å². The lowest BCUT2D eigenvalue weighted by molar-refractivity contribution is -0.139. The zero-order valence-corrected chi connectivity index (χ0v) is 21.7. The smallest absolute Gasteiger partial charge is 0.303 e. The Morgan fingerprint density at radius 3 is 3.00 bits per heavy atom. The molecule has 1 N–H and O–H groups in total. The topological polar surface area (TPSA) is 75.5 Å². The number of carboxylic acid groups (broad SMARTS) is 1. The third-order valence-electron chi connectivity index (χ3n) is 6.59. The molecule has 6 nitrogen and oxygen atoms in total. The fraction of sp³-hybridized carbons (Fsp3) is 0.480. The summed E-state index contributed by atoms with van der Waals surface area (Å²) in [7, 11) is 1.66. The first-order valence-corrected chi connectivity index (χ1v) is 13.9. The molecule has 4 rings (SSSR count). The molecule has 0 amide bonds. The summed E-state index contributed by atoms with van der Waals surface area (Å²) in [5.41, 5.74) is 2.00. The molecular weight excluding hydrogens is 490 g/mol. The van der Waals surface area contributed by atoms with Crippen LogP contribution in [0.4, 0.5) is 0 Å². The molecule has 1 aromatic carbocycles. The maximum atomic E-state index is 11.6. The summed E-state index contributed by atoms with van der Waals surface area (Å²) in [6.45, 7) is 2.84. The third kappa shape index (κ3) is 6.62. The molecule has 2 atom stereocenters. The first kappa shape index (κ1) is 25.2. The monoisotopic (exact) mass is 519 g/mol. The van der Waals surface area contributed by atoms with E-state index < -0.39 is 5.97 Å². The summed E-state index contributed by atoms with van der Waals surface area (Å²) in [6, 6.07) is 5.87. The predicted molar refractivity (Wildman–Crippen MR) is 139 cm³/mol. The normalized spacial score (nSPS) is 18.9. The molecule has 1 aliphatic rings. The molecule has 1 aliphatic heterocycles. The van der Waals surface area contributed by atoms with Crippen molar-refractivity contribution in [3.63, 3.8) is 0 Å². The number of piperidine rings is 1. The number of aliphatic carboxylic acids is 1. The van der Waals surface area contributed by atoms with E-state index in [2.05, 4.69) is 14.9 Å². The van der Waals surface area contributed by atoms with E-state index in [-0.39, 0.29) is 12.3 Å². The van der Waals surface area contributed by atoms with Gasteiger partial charge in [-0.05, 0) is 67.8 Å². The van der Waals surface area contributed by atoms with Crippen LogP contribution in [0, 0.1) is 11.8 Å². The number of carbonyl (C=O) groups is 1. The molecule has 0 saturated carbocycles. The number of methoxy groups -OCH3 is 1. The number of pyridine rings is 1. The second-order valence-corrected chi connectivity index (χ2v) is 11.4. The van der Waals surface area contributed by atoms with Gasteiger partial charge in [-0.3, -0.25) is 9.78 Å². The van der Waals surface area contributed by atoms with Crippen molar-refractivity contribution in [2.75, 3.05) is 32.5 Å². The van der Waals surface area contributed by atoms with Crippen LogP contribution >= 0.6 is 34.7 Å². The van der Waals surface area contributed by atoms with Crippen LogP contribution in [0.5, 0.6) is 5.75 Å². The number of halogens is 1. The summed E-state index contributed by atoms with van der Waals surface area (Å²) >= 11 is 9.97. The van der Waals surface area contributed by atoms with E-state index in [9.17, 15) is 9.90 Å². The summed E-state index contributed by atoms with van der Waals surface area (Å²) < 4.78 is 6.49. The number of rotatable bonds is 11. The number of nitrogens with zero attached hydrogens (tertiary/aromatic N) is 3. The number of carboxylic acids is 1. The Labute approximate surface area is 213 Å². The van der Waals surface area contributed by atoms with Crippen LogP contribution in [0.15, 0.2) is 40.3 Å². The standard InChI is InChI=1S/C25H30ClN3O3S2/c1-32-19-5-6-23-21(14-19)20(22(26)15-28-23)4-2-3-17-7-9-29(16-18(17)13-24(30)31)10-12-34-25-27-8-11-33-25/h5-6,8,11,14-15,17-18H,2-4,7,9-10,12-13,16H2,1H3,(H,30,31)/t17-,18-/m1/s1. The second-order valence-electron chi connectivity index (χ2n) is 8.71. The molecule has 1 saturated heterocycles. The number of benzene rings is 1. The largest absolute Gasteiger partial charge is 0.497 e. The first-order valence-electron chi connectivity index (χ1n) is 11.6. The van der Waals surface area contributed by atoms with E-state index in [1.54, 1.807) is 36.4 Å². The lowest BCUT2D eigenvalue weighted by atomic mass is 9.80. The third-order valence-corrected chi connectivity index (χ3v) is 8.86. The molecular formula is C25H30ClN3O3S2. The maximum Gasteiger partial charge on any atom is 0.303 e. The number of likely N-dealkylation sites (tertiary alicyclic amines) is 1. The summed E-state index contributed by atoms with van der Waals surface area (Å²) in [5, 5.41) is 13.2. The van der Waals surface area contributed by atoms with Gasteiger partial charge in [-0.2, -0.15) is 0 Å². The van der Waals surface area contributed by atoms with Crippen molar-refractivity contribution >= 4 is 51.6 Å². The molecule has 3 heterocycles. The van der Waals surface area contributed by atoms with E-state index in [4.69, 9.17) is 16.3 Å². The Hall–Kier alpha value is -1.87. The minimum Gasteiger partial charge on any atom is -0.497 e. The average molecular weight is 520 g/mol. The molecule has 0 spiro atoms. The number of aromatic nitrogens is 2. The van der Waals surface area contributed by atoms with Gasteiger partial charge in [0.2, 0.25) is 0 Å². The zero-order chi connectivity index (χ0) is 23.9. The quantitative estimate of drug-likeness (QED) is 0.317. The second kappa shape index (κ2) is 12.2. The minimum absolute atomic E-state index is 0.181. The van der Waals surface area contributed by atoms with Crippen molar-refractivity contribution in [2.45, 2.75) is 36.4 Å². The van der Waals surface area contributed by atoms with E-state index >= 15 is 0 Å². The fourth-order valence-corrected chi connectivity index (χ4v) is 6.82. The van der Waals surface area contributed by atoms with Crippen LogP contribution < -0.4 is 4.74 Å². The molecule has 34 heavy (non-hydrogen) atoms. The predicted octanol–water partition coefficient (Wildman–Crippen LogP) is 5.88. The van der Waals surface area contributed by atoms with Crippen molar-refractivity contribution in [2.24, 2.45) is 11.8 Å². The van der Waals surface area contributed by atoms with Gasteiger partial charge in [-0.1, -0.05) is 23.4 Å². The number of fused-ring (bicyclic) bond motifs is 1. The van der Waals surface area contributed by atoms with E-state index in [1.807, 2.05) is 29.8 Å². The molecule has 182 valence electrons. The number of hydrogen-bond acceptors (Lipinski definition) is 7. The van der Waals surface area contributed by atoms with Crippen LogP contribution in [0.3, 0.4) is 0 Å². The van der Waals surface area contributed by atoms with E-state index in [1.165, 1.54) is 0 Å². The fourth-order valence-electron chi connectivity index (χ4n) is 4.86. The maximum absolute atomic E-state index is 11.6. The van der Waals surface area contributed by atoms with Crippen molar-refractivity contribution in [3.8, 4) is 5.75 Å². The molecule has 0 unspecified atom stereocenters. The molecule has 1 fully saturated rings. The van der Waals surface area contributed by atoms with Gasteiger partial charge in [-0.25, -0.2) is 4.98 Å². The van der Waals surface area contributed by atoms with Gasteiger partial charge in [-0.15, -0.1) is 11.3 Å². The van der Waals surface area contributed by atoms with Crippen molar-refractivity contribution in [1.29, 1.82) is 0 Å². The summed E-state index contributed by atoms with van der Waals surface area (Å²) in [6.07, 6.45) is 7.65. The van der Waals surface area contributed by atoms with E-state index in [0.717, 1.165) is 77.6 Å². The Kier molecular flexibility index (Phi) is 9.05. The van der Waals surface area contributed by atoms with Crippen LogP contribution in [-0.2, 0) is 11.2 Å². The number of thiazole rings is 1. The molecule has 0 aliphatic carbocycles. The Morgan fingerprint density at radius 2 is 2.24 bits per heavy atom. The molecule has 9 heteroatoms. The van der Waals surface area contributed by atoms with Crippen LogP contribution in [0.1, 0.15) is 31.2 Å². The minimum atomic E-state index is -0.704. The van der Waals surface area contributed by atoms with Gasteiger partial charge >= 0.3 is 5.97 Å². The molecule has 3 aromatic rings. The number of thioether (sulfide) groups is 1. The highest BCUT2D eigenvalue weighted by Gasteiger charge is 2.30. The lowest BCUT2D eigenvalue weighted by Crippen LogP contribution is -2.42. The van der Waals surface area contributed by atoms with Gasteiger partial charge in [0.05, 0.1) is 17.6 Å². The molecule has 2 aromatic heterocycles. The number of ether oxygens (including phenoxy) is 1. The molecule has 0 bridgehead atoms. The highest BCUT2D eigenvalue weighted by atomic mass is 35.5. The Bertz CT molecular complexity index is 1100. The number of hydrogen-bond donors (Lipinski definition) is 1. The zero-order valence-electron chi connectivity index (χ0n) is 19.3. The Morgan fingerprint density at radius 1 is 1.35 bits per heavy atom. The summed E-state index contributed by atoms with van der Waals surface area (Å²) in [5.74, 6) is 1.67. The van der Waals surface area contributed by atoms with Crippen LogP contribution in [0.25, 0.3) is 10.9 Å². The highest BCUT2D eigenvalue weighted by Crippen LogP contribution is 2.33. The van der Waals surface area contributed by atoms with E-state index in [0.29, 0.717) is 10.9 Å². The van der Waals surface area contributed by atoms with Crippen LogP contribution in [-0.4, -0.2) is 58.4 Å². The average Bonchev–Trinajstić information content (AvgIpc) is 3.34. The number of aryl methyl sites for hydroxylation is 1. The highest BCUT2D eigenvalue weighted by molar-refractivity contribution is 8.01. The van der Waals surface area contributed by atoms with Crippen LogP contribution in [0.2, 0.25) is 5.02 Å². The van der Waals surface area contributed by atoms with Gasteiger partial charge in [0.25, 0.3) is 0 Å². The van der Waals surface area contributed by atoms with Gasteiger partial charge < -0.3 is 14.7 Å². The van der Waals surface area contributed by atoms with Gasteiger partial charge in [0, 0.05) is 48.4 Å². The lowest BCUT2D eigenvalue weighted by Gasteiger charge is -2.38. The van der Waals surface area contributed by atoms with Gasteiger partial charge in [0.1, 0.15) is 10.1 Å². The molecule has 0 radical (unpaired) electrons. The SMILES string of the molecule is COc1ccc2ncc(Cl)c(CCC[C@@H]3CCN(CCSc4nccs4)C[C@H]3CC(=O)O)c2c1. The van der Waals surface area contributed by atoms with Crippen molar-refractivity contribution in [3.05, 3.63) is 46.6 Å². The first-order chi connectivity index (χ1) is 16.5. The van der Waals surface area contributed by atoms with Gasteiger partial charge in [0.15, 0.2) is 0 Å².